The number of likely N-dealkylation sites (tertiary alicyclic amines) is 1. The number of hydrogen-bond donors (Lipinski definition) is 3. The van der Waals surface area contributed by atoms with Crippen LogP contribution in [0.4, 0.5) is 15.8 Å². The number of carbonyl (C=O) groups is 2. The molecule has 5 nitrogen and oxygen atoms in total. The minimum absolute atomic E-state index is 0.00607. The highest BCUT2D eigenvalue weighted by atomic mass is 19.1. The number of quaternary nitrogens is 1. The Morgan fingerprint density at radius 2 is 1.60 bits per heavy atom. The van der Waals surface area contributed by atoms with E-state index in [-0.39, 0.29) is 17.4 Å². The van der Waals surface area contributed by atoms with Crippen LogP contribution in [0.3, 0.4) is 0 Å². The van der Waals surface area contributed by atoms with Crippen molar-refractivity contribution >= 4 is 23.2 Å². The fourth-order valence-corrected chi connectivity index (χ4v) is 2.95. The molecule has 2 aromatic rings. The van der Waals surface area contributed by atoms with E-state index in [2.05, 4.69) is 10.6 Å². The van der Waals surface area contributed by atoms with E-state index < -0.39 is 5.82 Å². The summed E-state index contributed by atoms with van der Waals surface area (Å²) < 4.78 is 13.2. The van der Waals surface area contributed by atoms with Gasteiger partial charge in [-0.15, -0.1) is 0 Å². The second-order valence-electron chi connectivity index (χ2n) is 6.22. The SMILES string of the molecule is O=C(C[NH+]1CCCC1)Nc1ccc(NC(=O)c2cccc(F)c2)cc1. The lowest BCUT2D eigenvalue weighted by atomic mass is 10.2. The van der Waals surface area contributed by atoms with Crippen LogP contribution >= 0.6 is 0 Å². The van der Waals surface area contributed by atoms with Gasteiger partial charge in [0.25, 0.3) is 11.8 Å². The van der Waals surface area contributed by atoms with Crippen molar-refractivity contribution < 1.29 is 18.9 Å². The van der Waals surface area contributed by atoms with Crippen molar-refractivity contribution in [1.29, 1.82) is 0 Å². The number of amides is 2. The molecule has 130 valence electrons. The molecule has 0 unspecified atom stereocenters. The van der Waals surface area contributed by atoms with Gasteiger partial charge in [-0.3, -0.25) is 9.59 Å². The summed E-state index contributed by atoms with van der Waals surface area (Å²) in [4.78, 5) is 25.4. The van der Waals surface area contributed by atoms with Gasteiger partial charge in [0.1, 0.15) is 5.82 Å². The van der Waals surface area contributed by atoms with Crippen molar-refractivity contribution in [2.45, 2.75) is 12.8 Å². The summed E-state index contributed by atoms with van der Waals surface area (Å²) in [6, 6.07) is 12.4. The van der Waals surface area contributed by atoms with Crippen LogP contribution in [0.25, 0.3) is 0 Å². The van der Waals surface area contributed by atoms with Crippen LogP contribution in [-0.4, -0.2) is 31.4 Å². The zero-order chi connectivity index (χ0) is 17.6. The maximum Gasteiger partial charge on any atom is 0.279 e. The molecule has 6 heteroatoms. The van der Waals surface area contributed by atoms with Crippen molar-refractivity contribution in [1.82, 2.24) is 0 Å². The third-order valence-corrected chi connectivity index (χ3v) is 4.23. The Labute approximate surface area is 145 Å². The molecule has 1 aliphatic rings. The van der Waals surface area contributed by atoms with E-state index in [0.717, 1.165) is 13.1 Å². The Kier molecular flexibility index (Phi) is 5.40. The van der Waals surface area contributed by atoms with Crippen LogP contribution in [0, 0.1) is 5.82 Å². The van der Waals surface area contributed by atoms with Gasteiger partial charge in [0.05, 0.1) is 13.1 Å². The summed E-state index contributed by atoms with van der Waals surface area (Å²) in [5, 5.41) is 5.57. The van der Waals surface area contributed by atoms with Crippen LogP contribution in [0.2, 0.25) is 0 Å². The lowest BCUT2D eigenvalue weighted by molar-refractivity contribution is -0.878. The van der Waals surface area contributed by atoms with E-state index in [9.17, 15) is 14.0 Å². The lowest BCUT2D eigenvalue weighted by Crippen LogP contribution is -3.11. The normalized spacial score (nSPS) is 14.3. The van der Waals surface area contributed by atoms with Gasteiger partial charge in [-0.25, -0.2) is 4.39 Å². The number of rotatable bonds is 5. The summed E-state index contributed by atoms with van der Waals surface area (Å²) in [5.74, 6) is -0.840. The molecule has 2 amide bonds. The van der Waals surface area contributed by atoms with E-state index in [0.29, 0.717) is 17.9 Å². The number of anilines is 2. The quantitative estimate of drug-likeness (QED) is 0.774. The zero-order valence-electron chi connectivity index (χ0n) is 13.8. The zero-order valence-corrected chi connectivity index (χ0v) is 13.8. The molecule has 0 atom stereocenters. The minimum Gasteiger partial charge on any atom is -0.327 e. The smallest absolute Gasteiger partial charge is 0.279 e. The first kappa shape index (κ1) is 17.1. The van der Waals surface area contributed by atoms with Crippen LogP contribution in [0.15, 0.2) is 48.5 Å². The van der Waals surface area contributed by atoms with Crippen molar-refractivity contribution in [3.8, 4) is 0 Å². The monoisotopic (exact) mass is 342 g/mol. The second kappa shape index (κ2) is 7.90. The molecule has 0 aromatic heterocycles. The van der Waals surface area contributed by atoms with Gasteiger partial charge in [0.15, 0.2) is 6.54 Å². The molecule has 1 heterocycles. The first-order valence-corrected chi connectivity index (χ1v) is 8.40. The van der Waals surface area contributed by atoms with Gasteiger partial charge in [-0.2, -0.15) is 0 Å². The lowest BCUT2D eigenvalue weighted by Gasteiger charge is -2.12. The van der Waals surface area contributed by atoms with Gasteiger partial charge < -0.3 is 15.5 Å². The highest BCUT2D eigenvalue weighted by Gasteiger charge is 2.18. The third-order valence-electron chi connectivity index (χ3n) is 4.23. The number of carbonyl (C=O) groups excluding carboxylic acids is 2. The Bertz CT molecular complexity index is 756. The fraction of sp³-hybridized carbons (Fsp3) is 0.263. The van der Waals surface area contributed by atoms with E-state index in [1.54, 1.807) is 30.3 Å². The summed E-state index contributed by atoms with van der Waals surface area (Å²) >= 11 is 0. The van der Waals surface area contributed by atoms with Gasteiger partial charge >= 0.3 is 0 Å². The Morgan fingerprint density at radius 1 is 0.960 bits per heavy atom. The highest BCUT2D eigenvalue weighted by molar-refractivity contribution is 6.04. The van der Waals surface area contributed by atoms with E-state index in [4.69, 9.17) is 0 Å². The third kappa shape index (κ3) is 4.87. The molecule has 0 radical (unpaired) electrons. The maximum atomic E-state index is 13.2. The van der Waals surface area contributed by atoms with Crippen molar-refractivity contribution in [3.63, 3.8) is 0 Å². The number of halogens is 1. The van der Waals surface area contributed by atoms with Crippen molar-refractivity contribution in [2.24, 2.45) is 0 Å². The number of nitrogens with one attached hydrogen (secondary N) is 3. The van der Waals surface area contributed by atoms with Crippen LogP contribution < -0.4 is 15.5 Å². The topological polar surface area (TPSA) is 62.6 Å². The van der Waals surface area contributed by atoms with Gasteiger partial charge in [-0.05, 0) is 42.5 Å². The van der Waals surface area contributed by atoms with Gasteiger partial charge in [0, 0.05) is 29.8 Å². The summed E-state index contributed by atoms with van der Waals surface area (Å²) in [7, 11) is 0. The average Bonchev–Trinajstić information content (AvgIpc) is 3.09. The molecule has 1 saturated heterocycles. The Morgan fingerprint density at radius 3 is 2.24 bits per heavy atom. The summed E-state index contributed by atoms with van der Waals surface area (Å²) in [5.41, 5.74) is 1.52. The average molecular weight is 342 g/mol. The summed E-state index contributed by atoms with van der Waals surface area (Å²) in [6.45, 7) is 2.59. The van der Waals surface area contributed by atoms with E-state index >= 15 is 0 Å². The predicted molar refractivity (Wildman–Crippen MR) is 94.2 cm³/mol. The first-order chi connectivity index (χ1) is 12.1. The molecule has 25 heavy (non-hydrogen) atoms. The molecule has 1 fully saturated rings. The van der Waals surface area contributed by atoms with Crippen LogP contribution in [0.5, 0.6) is 0 Å². The minimum atomic E-state index is -0.453. The molecule has 2 aromatic carbocycles. The predicted octanol–water partition coefficient (Wildman–Crippen LogP) is 1.70. The standard InChI is InChI=1S/C19H20FN3O2/c20-15-5-3-4-14(12-15)19(25)22-17-8-6-16(7-9-17)21-18(24)13-23-10-1-2-11-23/h3-9,12H,1-2,10-11,13H2,(H,21,24)(H,22,25)/p+1. The molecule has 0 aliphatic carbocycles. The first-order valence-electron chi connectivity index (χ1n) is 8.40. The highest BCUT2D eigenvalue weighted by Crippen LogP contribution is 2.15. The summed E-state index contributed by atoms with van der Waals surface area (Å²) in [6.07, 6.45) is 2.37. The van der Waals surface area contributed by atoms with Crippen LogP contribution in [0.1, 0.15) is 23.2 Å². The van der Waals surface area contributed by atoms with Crippen molar-refractivity contribution in [2.75, 3.05) is 30.3 Å². The fourth-order valence-electron chi connectivity index (χ4n) is 2.95. The molecule has 0 saturated carbocycles. The molecule has 0 spiro atoms. The molecule has 3 N–H and O–H groups in total. The largest absolute Gasteiger partial charge is 0.327 e. The Hall–Kier alpha value is -2.73. The molecule has 3 rings (SSSR count). The van der Waals surface area contributed by atoms with Crippen LogP contribution in [-0.2, 0) is 4.79 Å². The van der Waals surface area contributed by atoms with E-state index in [1.165, 1.54) is 35.9 Å². The Balaban J connectivity index is 1.54. The molecule has 0 bridgehead atoms. The molecule has 1 aliphatic heterocycles. The number of benzene rings is 2. The maximum absolute atomic E-state index is 13.2. The molecular weight excluding hydrogens is 321 g/mol. The van der Waals surface area contributed by atoms with Gasteiger partial charge in [-0.1, -0.05) is 6.07 Å². The molecular formula is C19H21FN3O2+. The van der Waals surface area contributed by atoms with E-state index in [1.807, 2.05) is 0 Å². The van der Waals surface area contributed by atoms with Crippen molar-refractivity contribution in [3.05, 3.63) is 59.9 Å². The van der Waals surface area contributed by atoms with Gasteiger partial charge in [0.2, 0.25) is 0 Å². The number of hydrogen-bond acceptors (Lipinski definition) is 2. The second-order valence-corrected chi connectivity index (χ2v) is 6.22.